The van der Waals surface area contributed by atoms with Gasteiger partial charge >= 0.3 is 0 Å². The summed E-state index contributed by atoms with van der Waals surface area (Å²) >= 11 is 0. The van der Waals surface area contributed by atoms with E-state index in [0.29, 0.717) is 18.2 Å². The topological polar surface area (TPSA) is 53.8 Å². The van der Waals surface area contributed by atoms with Gasteiger partial charge in [0.15, 0.2) is 5.76 Å². The van der Waals surface area contributed by atoms with E-state index in [9.17, 15) is 9.59 Å². The van der Waals surface area contributed by atoms with E-state index in [-0.39, 0.29) is 11.7 Å². The fourth-order valence-corrected chi connectivity index (χ4v) is 3.45. The second-order valence-corrected chi connectivity index (χ2v) is 6.34. The number of rotatable bonds is 4. The van der Waals surface area contributed by atoms with Crippen LogP contribution in [0, 0.1) is 5.92 Å². The zero-order chi connectivity index (χ0) is 15.4. The zero-order valence-electron chi connectivity index (χ0n) is 13.0. The van der Waals surface area contributed by atoms with Crippen LogP contribution >= 0.6 is 0 Å². The van der Waals surface area contributed by atoms with E-state index in [2.05, 4.69) is 4.90 Å². The number of hydrogen-bond donors (Lipinski definition) is 0. The summed E-state index contributed by atoms with van der Waals surface area (Å²) in [5, 5.41) is 0. The molecule has 2 fully saturated rings. The molecule has 1 saturated carbocycles. The summed E-state index contributed by atoms with van der Waals surface area (Å²) in [5.74, 6) is 1.000. The van der Waals surface area contributed by atoms with Gasteiger partial charge in [-0.25, -0.2) is 0 Å². The third-order valence-electron chi connectivity index (χ3n) is 4.80. The fourth-order valence-electron chi connectivity index (χ4n) is 3.45. The lowest BCUT2D eigenvalue weighted by Crippen LogP contribution is -2.51. The van der Waals surface area contributed by atoms with Crippen molar-refractivity contribution in [3.8, 4) is 0 Å². The molecule has 2 aliphatic rings. The van der Waals surface area contributed by atoms with Crippen LogP contribution in [0.1, 0.15) is 42.7 Å². The number of carbonyl (C=O) groups is 2. The standard InChI is InChI=1S/C17H24N2O3/c20-15(16-7-4-12-22-16)13-18-8-10-19(11-9-18)17(21)14-5-2-1-3-6-14/h4,7,12,14H,1-3,5-6,8-11,13H2. The largest absolute Gasteiger partial charge is 0.461 e. The number of hydrogen-bond acceptors (Lipinski definition) is 4. The van der Waals surface area contributed by atoms with Crippen molar-refractivity contribution in [3.63, 3.8) is 0 Å². The maximum atomic E-state index is 12.5. The molecular formula is C17H24N2O3. The van der Waals surface area contributed by atoms with Crippen LogP contribution in [0.4, 0.5) is 0 Å². The van der Waals surface area contributed by atoms with Gasteiger partial charge < -0.3 is 9.32 Å². The molecule has 1 amide bonds. The summed E-state index contributed by atoms with van der Waals surface area (Å²) in [5.41, 5.74) is 0. The van der Waals surface area contributed by atoms with Crippen LogP contribution in [0.5, 0.6) is 0 Å². The lowest BCUT2D eigenvalue weighted by molar-refractivity contribution is -0.138. The minimum Gasteiger partial charge on any atom is -0.461 e. The highest BCUT2D eigenvalue weighted by Gasteiger charge is 2.29. The number of furan rings is 1. The van der Waals surface area contributed by atoms with E-state index in [4.69, 9.17) is 4.42 Å². The summed E-state index contributed by atoms with van der Waals surface area (Å²) in [7, 11) is 0. The maximum absolute atomic E-state index is 12.5. The number of amides is 1. The second-order valence-electron chi connectivity index (χ2n) is 6.34. The van der Waals surface area contributed by atoms with Crippen LogP contribution in [0.15, 0.2) is 22.8 Å². The third-order valence-corrected chi connectivity index (χ3v) is 4.80. The van der Waals surface area contributed by atoms with Crippen LogP contribution in [0.2, 0.25) is 0 Å². The molecule has 1 aliphatic carbocycles. The van der Waals surface area contributed by atoms with Crippen molar-refractivity contribution in [2.75, 3.05) is 32.7 Å². The molecule has 1 saturated heterocycles. The van der Waals surface area contributed by atoms with Crippen molar-refractivity contribution in [2.45, 2.75) is 32.1 Å². The summed E-state index contributed by atoms with van der Waals surface area (Å²) in [6.45, 7) is 3.39. The molecule has 0 atom stereocenters. The van der Waals surface area contributed by atoms with E-state index in [1.54, 1.807) is 12.1 Å². The number of piperazine rings is 1. The average molecular weight is 304 g/mol. The summed E-state index contributed by atoms with van der Waals surface area (Å²) < 4.78 is 5.13. The summed E-state index contributed by atoms with van der Waals surface area (Å²) in [6.07, 6.45) is 7.27. The Bertz CT molecular complexity index is 498. The first kappa shape index (κ1) is 15.3. The normalized spacial score (nSPS) is 21.0. The molecule has 0 aromatic carbocycles. The molecule has 1 aromatic heterocycles. The third kappa shape index (κ3) is 3.58. The molecule has 1 aliphatic heterocycles. The molecule has 0 radical (unpaired) electrons. The highest BCUT2D eigenvalue weighted by atomic mass is 16.3. The predicted octanol–water partition coefficient (Wildman–Crippen LogP) is 2.19. The molecule has 22 heavy (non-hydrogen) atoms. The van der Waals surface area contributed by atoms with Crippen molar-refractivity contribution in [1.82, 2.24) is 9.80 Å². The lowest BCUT2D eigenvalue weighted by Gasteiger charge is -2.36. The van der Waals surface area contributed by atoms with Gasteiger partial charge in [-0.2, -0.15) is 0 Å². The van der Waals surface area contributed by atoms with E-state index < -0.39 is 0 Å². The molecule has 0 bridgehead atoms. The number of ketones is 1. The van der Waals surface area contributed by atoms with Gasteiger partial charge in [0.2, 0.25) is 11.7 Å². The Morgan fingerprint density at radius 1 is 1.09 bits per heavy atom. The van der Waals surface area contributed by atoms with Gasteiger partial charge in [0, 0.05) is 32.1 Å². The Labute approximate surface area is 131 Å². The van der Waals surface area contributed by atoms with Gasteiger partial charge in [-0.05, 0) is 25.0 Å². The fraction of sp³-hybridized carbons (Fsp3) is 0.647. The van der Waals surface area contributed by atoms with Gasteiger partial charge in [-0.15, -0.1) is 0 Å². The molecule has 1 aromatic rings. The van der Waals surface area contributed by atoms with Crippen molar-refractivity contribution in [1.29, 1.82) is 0 Å². The minimum atomic E-state index is 0.0112. The van der Waals surface area contributed by atoms with Crippen molar-refractivity contribution < 1.29 is 14.0 Å². The maximum Gasteiger partial charge on any atom is 0.225 e. The van der Waals surface area contributed by atoms with Gasteiger partial charge in [-0.1, -0.05) is 19.3 Å². The summed E-state index contributed by atoms with van der Waals surface area (Å²) in [6, 6.07) is 3.43. The Hall–Kier alpha value is -1.62. The molecule has 3 rings (SSSR count). The SMILES string of the molecule is O=C(CN1CCN(C(=O)C2CCCCC2)CC1)c1ccco1. The van der Waals surface area contributed by atoms with Crippen LogP contribution in [0.25, 0.3) is 0 Å². The van der Waals surface area contributed by atoms with Crippen LogP contribution in [-0.2, 0) is 4.79 Å². The monoisotopic (exact) mass is 304 g/mol. The second kappa shape index (κ2) is 7.09. The minimum absolute atomic E-state index is 0.0112. The van der Waals surface area contributed by atoms with E-state index in [1.807, 2.05) is 4.90 Å². The first-order valence-corrected chi connectivity index (χ1v) is 8.32. The molecular weight excluding hydrogens is 280 g/mol. The van der Waals surface area contributed by atoms with Gasteiger partial charge in [0.25, 0.3) is 0 Å². The van der Waals surface area contributed by atoms with Crippen molar-refractivity contribution in [3.05, 3.63) is 24.2 Å². The highest BCUT2D eigenvalue weighted by molar-refractivity contribution is 5.95. The molecule has 2 heterocycles. The Balaban J connectivity index is 1.46. The zero-order valence-corrected chi connectivity index (χ0v) is 13.0. The van der Waals surface area contributed by atoms with Gasteiger partial charge in [-0.3, -0.25) is 14.5 Å². The number of Topliss-reactive ketones (excluding diaryl/α,β-unsaturated/α-hetero) is 1. The Kier molecular flexibility index (Phi) is 4.93. The first-order chi connectivity index (χ1) is 10.7. The molecule has 5 nitrogen and oxygen atoms in total. The van der Waals surface area contributed by atoms with Crippen molar-refractivity contribution >= 4 is 11.7 Å². The molecule has 5 heteroatoms. The van der Waals surface area contributed by atoms with Crippen LogP contribution < -0.4 is 0 Å². The Morgan fingerprint density at radius 2 is 1.82 bits per heavy atom. The number of carbonyl (C=O) groups excluding carboxylic acids is 2. The van der Waals surface area contributed by atoms with Gasteiger partial charge in [0.05, 0.1) is 12.8 Å². The predicted molar refractivity (Wildman–Crippen MR) is 82.6 cm³/mol. The molecule has 0 spiro atoms. The number of nitrogens with zero attached hydrogens (tertiary/aromatic N) is 2. The first-order valence-electron chi connectivity index (χ1n) is 8.32. The average Bonchev–Trinajstić information content (AvgIpc) is 3.10. The molecule has 0 N–H and O–H groups in total. The smallest absolute Gasteiger partial charge is 0.225 e. The Morgan fingerprint density at radius 3 is 2.45 bits per heavy atom. The van der Waals surface area contributed by atoms with E-state index in [1.165, 1.54) is 25.5 Å². The van der Waals surface area contributed by atoms with E-state index in [0.717, 1.165) is 39.0 Å². The molecule has 0 unspecified atom stereocenters. The van der Waals surface area contributed by atoms with Crippen LogP contribution in [-0.4, -0.2) is 54.2 Å². The molecule has 120 valence electrons. The highest BCUT2D eigenvalue weighted by Crippen LogP contribution is 2.25. The van der Waals surface area contributed by atoms with E-state index >= 15 is 0 Å². The van der Waals surface area contributed by atoms with Crippen LogP contribution in [0.3, 0.4) is 0 Å². The van der Waals surface area contributed by atoms with Crippen molar-refractivity contribution in [2.24, 2.45) is 5.92 Å². The van der Waals surface area contributed by atoms with Gasteiger partial charge in [0.1, 0.15) is 0 Å². The summed E-state index contributed by atoms with van der Waals surface area (Å²) in [4.78, 5) is 28.6. The lowest BCUT2D eigenvalue weighted by atomic mass is 9.88. The quantitative estimate of drug-likeness (QED) is 0.800.